The lowest BCUT2D eigenvalue weighted by Crippen LogP contribution is -2.29. The molecular formula is C24H34N4O5. The van der Waals surface area contributed by atoms with Crippen molar-refractivity contribution < 1.29 is 24.2 Å². The van der Waals surface area contributed by atoms with Gasteiger partial charge in [0, 0.05) is 19.7 Å². The molecule has 0 unspecified atom stereocenters. The van der Waals surface area contributed by atoms with Crippen LogP contribution in [0.2, 0.25) is 0 Å². The number of carbonyl (C=O) groups excluding carboxylic acids is 1. The second kappa shape index (κ2) is 11.2. The number of carboxylic acids is 1. The van der Waals surface area contributed by atoms with Gasteiger partial charge in [-0.25, -0.2) is 9.78 Å². The second-order valence-electron chi connectivity index (χ2n) is 8.67. The Morgan fingerprint density at radius 1 is 1.30 bits per heavy atom. The number of hydrogen-bond acceptors (Lipinski definition) is 6. The number of aryl methyl sites for hydroxylation is 2. The SMILES string of the molecule is CCCCOC(=O)N(C)Cc1c(-c2ccc(O[C@H]3CCC[C@H](C(=O)O)C3)c(C)n2)cnn1C. The summed E-state index contributed by atoms with van der Waals surface area (Å²) in [6.45, 7) is 4.68. The van der Waals surface area contributed by atoms with Crippen molar-refractivity contribution in [2.75, 3.05) is 13.7 Å². The van der Waals surface area contributed by atoms with E-state index in [4.69, 9.17) is 14.5 Å². The molecule has 1 N–H and O–H groups in total. The van der Waals surface area contributed by atoms with E-state index in [1.165, 1.54) is 4.90 Å². The van der Waals surface area contributed by atoms with Gasteiger partial charge in [-0.2, -0.15) is 5.10 Å². The molecule has 0 bridgehead atoms. The van der Waals surface area contributed by atoms with E-state index in [-0.39, 0.29) is 18.1 Å². The summed E-state index contributed by atoms with van der Waals surface area (Å²) in [7, 11) is 3.54. The van der Waals surface area contributed by atoms with E-state index in [9.17, 15) is 14.7 Å². The topological polar surface area (TPSA) is 107 Å². The van der Waals surface area contributed by atoms with E-state index in [2.05, 4.69) is 5.10 Å². The van der Waals surface area contributed by atoms with E-state index >= 15 is 0 Å². The summed E-state index contributed by atoms with van der Waals surface area (Å²) in [6, 6.07) is 3.75. The highest BCUT2D eigenvalue weighted by Gasteiger charge is 2.28. The minimum absolute atomic E-state index is 0.118. The lowest BCUT2D eigenvalue weighted by molar-refractivity contribution is -0.143. The van der Waals surface area contributed by atoms with Crippen molar-refractivity contribution in [1.82, 2.24) is 19.7 Å². The van der Waals surface area contributed by atoms with E-state index in [0.717, 1.165) is 48.3 Å². The number of ether oxygens (including phenoxy) is 2. The van der Waals surface area contributed by atoms with E-state index in [0.29, 0.717) is 31.7 Å². The maximum absolute atomic E-state index is 12.3. The third-order valence-electron chi connectivity index (χ3n) is 6.07. The minimum atomic E-state index is -0.753. The van der Waals surface area contributed by atoms with Gasteiger partial charge in [-0.1, -0.05) is 13.3 Å². The lowest BCUT2D eigenvalue weighted by atomic mass is 9.87. The van der Waals surface area contributed by atoms with Gasteiger partial charge in [0.15, 0.2) is 0 Å². The Bertz CT molecular complexity index is 974. The van der Waals surface area contributed by atoms with Crippen molar-refractivity contribution in [3.63, 3.8) is 0 Å². The molecule has 2 aromatic rings. The normalized spacial score (nSPS) is 18.1. The van der Waals surface area contributed by atoms with Crippen molar-refractivity contribution in [3.05, 3.63) is 29.7 Å². The number of hydrogen-bond donors (Lipinski definition) is 1. The number of carbonyl (C=O) groups is 2. The molecule has 9 heteroatoms. The Kier molecular flexibility index (Phi) is 8.30. The molecule has 2 heterocycles. The van der Waals surface area contributed by atoms with Crippen molar-refractivity contribution in [1.29, 1.82) is 0 Å². The Morgan fingerprint density at radius 3 is 2.79 bits per heavy atom. The van der Waals surface area contributed by atoms with Gasteiger partial charge in [-0.3, -0.25) is 9.48 Å². The van der Waals surface area contributed by atoms with Crippen LogP contribution in [-0.4, -0.2) is 56.6 Å². The monoisotopic (exact) mass is 458 g/mol. The zero-order chi connectivity index (χ0) is 24.0. The summed E-state index contributed by atoms with van der Waals surface area (Å²) in [6.07, 6.45) is 5.98. The van der Waals surface area contributed by atoms with Crippen molar-refractivity contribution in [3.8, 4) is 17.0 Å². The summed E-state index contributed by atoms with van der Waals surface area (Å²) in [5.41, 5.74) is 3.15. The quantitative estimate of drug-likeness (QED) is 0.562. The Labute approximate surface area is 194 Å². The Balaban J connectivity index is 1.71. The number of pyridine rings is 1. The van der Waals surface area contributed by atoms with Crippen LogP contribution in [0.1, 0.15) is 56.8 Å². The van der Waals surface area contributed by atoms with E-state index < -0.39 is 5.97 Å². The molecule has 2 atom stereocenters. The summed E-state index contributed by atoms with van der Waals surface area (Å²) < 4.78 is 13.2. The fraction of sp³-hybridized carbons (Fsp3) is 0.583. The van der Waals surface area contributed by atoms with E-state index in [1.807, 2.05) is 33.0 Å². The zero-order valence-corrected chi connectivity index (χ0v) is 19.9. The van der Waals surface area contributed by atoms with E-state index in [1.54, 1.807) is 17.9 Å². The maximum atomic E-state index is 12.3. The van der Waals surface area contributed by atoms with Gasteiger partial charge in [0.25, 0.3) is 0 Å². The summed E-state index contributed by atoms with van der Waals surface area (Å²) in [4.78, 5) is 29.8. The first-order valence-electron chi connectivity index (χ1n) is 11.6. The number of carboxylic acid groups (broad SMARTS) is 1. The summed E-state index contributed by atoms with van der Waals surface area (Å²) in [5, 5.41) is 13.7. The van der Waals surface area contributed by atoms with Gasteiger partial charge in [-0.15, -0.1) is 0 Å². The van der Waals surface area contributed by atoms with Crippen LogP contribution in [0.4, 0.5) is 4.79 Å². The molecule has 0 saturated heterocycles. The molecule has 0 aliphatic heterocycles. The van der Waals surface area contributed by atoms with Crippen molar-refractivity contribution >= 4 is 12.1 Å². The fourth-order valence-electron chi connectivity index (χ4n) is 4.05. The Morgan fingerprint density at radius 2 is 2.09 bits per heavy atom. The third kappa shape index (κ3) is 6.24. The van der Waals surface area contributed by atoms with Crippen molar-refractivity contribution in [2.24, 2.45) is 13.0 Å². The first-order chi connectivity index (χ1) is 15.8. The van der Waals surface area contributed by atoms with Crippen LogP contribution in [0.15, 0.2) is 18.3 Å². The average molecular weight is 459 g/mol. The van der Waals surface area contributed by atoms with Crippen LogP contribution in [0, 0.1) is 12.8 Å². The molecule has 0 spiro atoms. The number of aromatic nitrogens is 3. The van der Waals surface area contributed by atoms with Crippen molar-refractivity contribution in [2.45, 2.75) is 65.0 Å². The van der Waals surface area contributed by atoms with Gasteiger partial charge in [0.2, 0.25) is 0 Å². The lowest BCUT2D eigenvalue weighted by Gasteiger charge is -2.27. The molecule has 3 rings (SSSR count). The molecular weight excluding hydrogens is 424 g/mol. The van der Waals surface area contributed by atoms with Gasteiger partial charge in [0.1, 0.15) is 5.75 Å². The molecule has 1 fully saturated rings. The third-order valence-corrected chi connectivity index (χ3v) is 6.07. The van der Waals surface area contributed by atoms with Gasteiger partial charge >= 0.3 is 12.1 Å². The smallest absolute Gasteiger partial charge is 0.409 e. The number of aliphatic carboxylic acids is 1. The molecule has 33 heavy (non-hydrogen) atoms. The first-order valence-corrected chi connectivity index (χ1v) is 11.6. The predicted molar refractivity (Wildman–Crippen MR) is 123 cm³/mol. The predicted octanol–water partition coefficient (Wildman–Crippen LogP) is 4.18. The highest BCUT2D eigenvalue weighted by Crippen LogP contribution is 2.31. The molecule has 1 amide bonds. The van der Waals surface area contributed by atoms with Crippen LogP contribution in [0.3, 0.4) is 0 Å². The van der Waals surface area contributed by atoms with Crippen LogP contribution in [0.5, 0.6) is 5.75 Å². The highest BCUT2D eigenvalue weighted by atomic mass is 16.6. The standard InChI is InChI=1S/C24H34N4O5/c1-5-6-12-32-24(31)27(3)15-21-19(14-25-28(21)4)20-10-11-22(16(2)26-20)33-18-9-7-8-17(13-18)23(29)30/h10-11,14,17-18H,5-9,12-13,15H2,1-4H3,(H,29,30)/t17-,18-/m0/s1. The summed E-state index contributed by atoms with van der Waals surface area (Å²) >= 11 is 0. The zero-order valence-electron chi connectivity index (χ0n) is 19.9. The second-order valence-corrected chi connectivity index (χ2v) is 8.67. The number of rotatable bonds is 9. The fourth-order valence-corrected chi connectivity index (χ4v) is 4.05. The first kappa shape index (κ1) is 24.5. The minimum Gasteiger partial charge on any atom is -0.489 e. The van der Waals surface area contributed by atoms with Gasteiger partial charge < -0.3 is 19.5 Å². The molecule has 9 nitrogen and oxygen atoms in total. The summed E-state index contributed by atoms with van der Waals surface area (Å²) in [5.74, 6) is -0.437. The average Bonchev–Trinajstić information content (AvgIpc) is 3.15. The molecule has 1 saturated carbocycles. The molecule has 0 aromatic carbocycles. The van der Waals surface area contributed by atoms with Gasteiger partial charge in [-0.05, 0) is 51.2 Å². The molecule has 1 aliphatic rings. The van der Waals surface area contributed by atoms with Crippen LogP contribution >= 0.6 is 0 Å². The van der Waals surface area contributed by atoms with Gasteiger partial charge in [0.05, 0.1) is 48.5 Å². The molecule has 0 radical (unpaired) electrons. The number of unbranched alkanes of at least 4 members (excludes halogenated alkanes) is 1. The highest BCUT2D eigenvalue weighted by molar-refractivity contribution is 5.70. The van der Waals surface area contributed by atoms with Crippen LogP contribution in [-0.2, 0) is 23.1 Å². The number of nitrogens with zero attached hydrogens (tertiary/aromatic N) is 4. The maximum Gasteiger partial charge on any atom is 0.409 e. The molecule has 2 aromatic heterocycles. The largest absolute Gasteiger partial charge is 0.489 e. The van der Waals surface area contributed by atoms with Crippen LogP contribution < -0.4 is 4.74 Å². The molecule has 180 valence electrons. The number of amides is 1. The molecule has 1 aliphatic carbocycles. The van der Waals surface area contributed by atoms with Crippen LogP contribution in [0.25, 0.3) is 11.3 Å². The Hall–Kier alpha value is -3.10.